The van der Waals surface area contributed by atoms with E-state index in [2.05, 4.69) is 28.2 Å². The van der Waals surface area contributed by atoms with E-state index in [1.54, 1.807) is 7.11 Å². The smallest absolute Gasteiger partial charge is 0.0589 e. The molecular weight excluding hydrogens is 308 g/mol. The summed E-state index contributed by atoms with van der Waals surface area (Å²) in [6, 6.07) is 2.22. The van der Waals surface area contributed by atoms with Crippen molar-refractivity contribution in [3.8, 4) is 0 Å². The highest BCUT2D eigenvalue weighted by atomic mass is 32.1. The molecule has 2 aliphatic heterocycles. The standard InChI is InChI=1S/C18H30N2O2S/c1-15-3-10-23-17(15)12-19-6-4-18(5-7-19)14-20(8-9-22-2)11-16(18)13-21/h3,10,16,21H,4-9,11-14H2,1-2H3. The third-order valence-corrected chi connectivity index (χ3v) is 6.91. The molecule has 23 heavy (non-hydrogen) atoms. The maximum atomic E-state index is 9.87. The molecule has 1 aromatic rings. The van der Waals surface area contributed by atoms with Crippen LogP contribution in [0.5, 0.6) is 0 Å². The maximum Gasteiger partial charge on any atom is 0.0589 e. The number of methoxy groups -OCH3 is 1. The van der Waals surface area contributed by atoms with Crippen LogP contribution in [0.3, 0.4) is 0 Å². The van der Waals surface area contributed by atoms with Crippen LogP contribution in [0.15, 0.2) is 11.4 Å². The van der Waals surface area contributed by atoms with Gasteiger partial charge in [0.05, 0.1) is 6.61 Å². The van der Waals surface area contributed by atoms with Crippen LogP contribution in [-0.4, -0.2) is 68.0 Å². The van der Waals surface area contributed by atoms with Crippen LogP contribution in [0.2, 0.25) is 0 Å². The minimum absolute atomic E-state index is 0.323. The van der Waals surface area contributed by atoms with Gasteiger partial charge >= 0.3 is 0 Å². The number of aryl methyl sites for hydroxylation is 1. The average Bonchev–Trinajstić information content (AvgIpc) is 3.12. The summed E-state index contributed by atoms with van der Waals surface area (Å²) in [5.74, 6) is 0.435. The van der Waals surface area contributed by atoms with Gasteiger partial charge in [-0.25, -0.2) is 0 Å². The van der Waals surface area contributed by atoms with Gasteiger partial charge in [-0.15, -0.1) is 11.3 Å². The van der Waals surface area contributed by atoms with Gasteiger partial charge in [0.1, 0.15) is 0 Å². The molecule has 0 bridgehead atoms. The number of likely N-dealkylation sites (tertiary alicyclic amines) is 2. The van der Waals surface area contributed by atoms with E-state index in [4.69, 9.17) is 4.74 Å². The Balaban J connectivity index is 1.57. The van der Waals surface area contributed by atoms with Crippen LogP contribution in [0.25, 0.3) is 0 Å². The van der Waals surface area contributed by atoms with Gasteiger partial charge in [-0.2, -0.15) is 0 Å². The zero-order valence-electron chi connectivity index (χ0n) is 14.5. The lowest BCUT2D eigenvalue weighted by molar-refractivity contribution is 0.0480. The minimum Gasteiger partial charge on any atom is -0.396 e. The Morgan fingerprint density at radius 2 is 2.13 bits per heavy atom. The number of ether oxygens (including phenoxy) is 1. The van der Waals surface area contributed by atoms with Crippen molar-refractivity contribution in [3.63, 3.8) is 0 Å². The molecule has 3 rings (SSSR count). The summed E-state index contributed by atoms with van der Waals surface area (Å²) in [6.45, 7) is 9.90. The number of rotatable bonds is 6. The fraction of sp³-hybridized carbons (Fsp3) is 0.778. The van der Waals surface area contributed by atoms with Crippen molar-refractivity contribution in [1.82, 2.24) is 9.80 Å². The van der Waals surface area contributed by atoms with Crippen LogP contribution in [0.1, 0.15) is 23.3 Å². The van der Waals surface area contributed by atoms with Crippen molar-refractivity contribution >= 4 is 11.3 Å². The Morgan fingerprint density at radius 3 is 2.74 bits per heavy atom. The lowest BCUT2D eigenvalue weighted by Crippen LogP contribution is -2.44. The maximum absolute atomic E-state index is 9.87. The third kappa shape index (κ3) is 3.80. The fourth-order valence-corrected chi connectivity index (χ4v) is 5.23. The summed E-state index contributed by atoms with van der Waals surface area (Å²) in [7, 11) is 1.76. The summed E-state index contributed by atoms with van der Waals surface area (Å²) in [5.41, 5.74) is 1.75. The molecule has 3 heterocycles. The second kappa shape index (κ2) is 7.62. The summed E-state index contributed by atoms with van der Waals surface area (Å²) < 4.78 is 5.22. The highest BCUT2D eigenvalue weighted by Gasteiger charge is 2.47. The van der Waals surface area contributed by atoms with Crippen molar-refractivity contribution in [3.05, 3.63) is 21.9 Å². The van der Waals surface area contributed by atoms with Crippen LogP contribution >= 0.6 is 11.3 Å². The largest absolute Gasteiger partial charge is 0.396 e. The van der Waals surface area contributed by atoms with E-state index in [1.807, 2.05) is 11.3 Å². The topological polar surface area (TPSA) is 35.9 Å². The molecule has 0 aliphatic carbocycles. The SMILES string of the molecule is COCCN1CC(CO)C2(CCN(Cc3sccc3C)CC2)C1. The zero-order valence-corrected chi connectivity index (χ0v) is 15.3. The Hall–Kier alpha value is -0.460. The molecule has 130 valence electrons. The minimum atomic E-state index is 0.323. The number of nitrogens with zero attached hydrogens (tertiary/aromatic N) is 2. The monoisotopic (exact) mass is 338 g/mol. The first-order valence-electron chi connectivity index (χ1n) is 8.74. The Bertz CT molecular complexity index is 497. The predicted octanol–water partition coefficient (Wildman–Crippen LogP) is 2.21. The number of piperidine rings is 1. The van der Waals surface area contributed by atoms with Crippen molar-refractivity contribution < 1.29 is 9.84 Å². The van der Waals surface area contributed by atoms with Crippen molar-refractivity contribution in [2.75, 3.05) is 53.0 Å². The van der Waals surface area contributed by atoms with E-state index in [1.165, 1.54) is 23.3 Å². The van der Waals surface area contributed by atoms with Crippen molar-refractivity contribution in [2.24, 2.45) is 11.3 Å². The van der Waals surface area contributed by atoms with Gasteiger partial charge in [0, 0.05) is 50.7 Å². The lowest BCUT2D eigenvalue weighted by atomic mass is 9.71. The molecule has 4 nitrogen and oxygen atoms in total. The Morgan fingerprint density at radius 1 is 1.35 bits per heavy atom. The van der Waals surface area contributed by atoms with Gasteiger partial charge in [0.15, 0.2) is 0 Å². The molecule has 5 heteroatoms. The molecule has 1 unspecified atom stereocenters. The van der Waals surface area contributed by atoms with Gasteiger partial charge in [-0.05, 0) is 55.3 Å². The molecule has 2 saturated heterocycles. The Kier molecular flexibility index (Phi) is 5.75. The molecule has 0 amide bonds. The normalized spacial score (nSPS) is 25.4. The van der Waals surface area contributed by atoms with Gasteiger partial charge in [-0.3, -0.25) is 4.90 Å². The molecular formula is C18H30N2O2S. The number of thiophene rings is 1. The number of aliphatic hydroxyl groups is 1. The van der Waals surface area contributed by atoms with E-state index in [0.717, 1.165) is 45.9 Å². The fourth-order valence-electron chi connectivity index (χ4n) is 4.28. The van der Waals surface area contributed by atoms with E-state index in [-0.39, 0.29) is 0 Å². The molecule has 0 radical (unpaired) electrons. The number of hydrogen-bond acceptors (Lipinski definition) is 5. The van der Waals surface area contributed by atoms with Crippen LogP contribution in [0, 0.1) is 18.3 Å². The highest BCUT2D eigenvalue weighted by Crippen LogP contribution is 2.44. The molecule has 0 aromatic carbocycles. The van der Waals surface area contributed by atoms with Gasteiger partial charge in [0.25, 0.3) is 0 Å². The van der Waals surface area contributed by atoms with Crippen molar-refractivity contribution in [1.29, 1.82) is 0 Å². The van der Waals surface area contributed by atoms with E-state index in [0.29, 0.717) is 17.9 Å². The van der Waals surface area contributed by atoms with Crippen molar-refractivity contribution in [2.45, 2.75) is 26.3 Å². The van der Waals surface area contributed by atoms with Crippen LogP contribution in [0.4, 0.5) is 0 Å². The van der Waals surface area contributed by atoms with E-state index in [9.17, 15) is 5.11 Å². The lowest BCUT2D eigenvalue weighted by Gasteiger charge is -2.42. The highest BCUT2D eigenvalue weighted by molar-refractivity contribution is 7.10. The first kappa shape index (κ1) is 17.4. The van der Waals surface area contributed by atoms with Crippen LogP contribution < -0.4 is 0 Å². The molecule has 0 saturated carbocycles. The predicted molar refractivity (Wildman–Crippen MR) is 94.9 cm³/mol. The van der Waals surface area contributed by atoms with E-state index < -0.39 is 0 Å². The van der Waals surface area contributed by atoms with Crippen LogP contribution in [-0.2, 0) is 11.3 Å². The summed E-state index contributed by atoms with van der Waals surface area (Å²) >= 11 is 1.88. The summed E-state index contributed by atoms with van der Waals surface area (Å²) in [4.78, 5) is 6.59. The first-order chi connectivity index (χ1) is 11.2. The van der Waals surface area contributed by atoms with Gasteiger partial charge < -0.3 is 14.7 Å². The second-order valence-corrected chi connectivity index (χ2v) is 8.27. The quantitative estimate of drug-likeness (QED) is 0.863. The molecule has 1 spiro atoms. The second-order valence-electron chi connectivity index (χ2n) is 7.27. The first-order valence-corrected chi connectivity index (χ1v) is 9.62. The van der Waals surface area contributed by atoms with E-state index >= 15 is 0 Å². The van der Waals surface area contributed by atoms with Gasteiger partial charge in [-0.1, -0.05) is 0 Å². The molecule has 1 atom stereocenters. The zero-order chi connectivity index (χ0) is 16.3. The number of aliphatic hydroxyl groups excluding tert-OH is 1. The molecule has 1 aromatic heterocycles. The average molecular weight is 339 g/mol. The molecule has 1 N–H and O–H groups in total. The molecule has 2 aliphatic rings. The summed E-state index contributed by atoms with van der Waals surface area (Å²) in [5, 5.41) is 12.1. The number of hydrogen-bond donors (Lipinski definition) is 1. The summed E-state index contributed by atoms with van der Waals surface area (Å²) in [6.07, 6.45) is 2.43. The van der Waals surface area contributed by atoms with Gasteiger partial charge in [0.2, 0.25) is 0 Å². The Labute approximate surface area is 144 Å². The third-order valence-electron chi connectivity index (χ3n) is 5.90. The molecule has 2 fully saturated rings.